The third-order valence-corrected chi connectivity index (χ3v) is 3.71. The van der Waals surface area contributed by atoms with Gasteiger partial charge in [0.1, 0.15) is 11.7 Å². The van der Waals surface area contributed by atoms with Gasteiger partial charge in [-0.15, -0.1) is 15.3 Å². The minimum atomic E-state index is -2.62. The molecule has 1 aromatic rings. The minimum absolute atomic E-state index is 0.318. The highest BCUT2D eigenvalue weighted by molar-refractivity contribution is 7.80. The van der Waals surface area contributed by atoms with Crippen LogP contribution in [0.5, 0.6) is 0 Å². The zero-order valence-corrected chi connectivity index (χ0v) is 14.2. The molecule has 0 saturated heterocycles. The molecule has 0 amide bonds. The summed E-state index contributed by atoms with van der Waals surface area (Å²) in [6, 6.07) is 2.19. The first-order chi connectivity index (χ1) is 10.7. The number of alkyl halides is 2. The molecule has 0 aliphatic heterocycles. The van der Waals surface area contributed by atoms with Crippen LogP contribution in [-0.4, -0.2) is 30.5 Å². The van der Waals surface area contributed by atoms with Gasteiger partial charge in [-0.2, -0.15) is 9.21 Å². The van der Waals surface area contributed by atoms with Gasteiger partial charge >= 0.3 is 6.19 Å². The summed E-state index contributed by atoms with van der Waals surface area (Å²) < 4.78 is 48.1. The van der Waals surface area contributed by atoms with Gasteiger partial charge in [0, 0.05) is 29.0 Å². The molecule has 126 valence electrons. The van der Waals surface area contributed by atoms with Gasteiger partial charge in [0.15, 0.2) is 5.26 Å². The predicted octanol–water partition coefficient (Wildman–Crippen LogP) is 2.51. The molecule has 1 N–H and O–H groups in total. The maximum atomic E-state index is 12.3. The fourth-order valence-corrected chi connectivity index (χ4v) is 2.15. The molecule has 1 rings (SSSR count). The van der Waals surface area contributed by atoms with Crippen LogP contribution in [0.1, 0.15) is 30.6 Å². The number of nitrogens with zero attached hydrogens (tertiary/aromatic N) is 5. The van der Waals surface area contributed by atoms with Gasteiger partial charge in [0.05, 0.1) is 0 Å². The Hall–Kier alpha value is -1.79. The second-order valence-electron chi connectivity index (χ2n) is 3.98. The summed E-state index contributed by atoms with van der Waals surface area (Å²) in [5.74, 6) is 0. The van der Waals surface area contributed by atoms with Crippen molar-refractivity contribution < 1.29 is 21.8 Å². The Balaban J connectivity index is 0.000000688. The van der Waals surface area contributed by atoms with E-state index in [4.69, 9.17) is 15.1 Å². The second-order valence-corrected chi connectivity index (χ2v) is 6.30. The lowest BCUT2D eigenvalue weighted by Gasteiger charge is -2.14. The zero-order chi connectivity index (χ0) is 18.0. The highest BCUT2D eigenvalue weighted by Gasteiger charge is 2.16. The molecule has 11 heteroatoms. The van der Waals surface area contributed by atoms with E-state index >= 15 is 0 Å². The molecule has 1 aromatic heterocycles. The van der Waals surface area contributed by atoms with E-state index in [9.17, 15) is 13.3 Å². The van der Waals surface area contributed by atoms with Crippen LogP contribution >= 0.6 is 0 Å². The van der Waals surface area contributed by atoms with Crippen LogP contribution in [0.15, 0.2) is 22.7 Å². The molecule has 0 aliphatic rings. The summed E-state index contributed by atoms with van der Waals surface area (Å²) >= 11 is 0. The van der Waals surface area contributed by atoms with Gasteiger partial charge in [0.25, 0.3) is 6.43 Å². The van der Waals surface area contributed by atoms with E-state index in [0.717, 1.165) is 3.95 Å². The fourth-order valence-electron chi connectivity index (χ4n) is 1.35. The molecule has 3 atom stereocenters. The lowest BCUT2D eigenvalue weighted by molar-refractivity contribution is -0.463. The molecule has 0 aliphatic carbocycles. The molecule has 0 saturated carbocycles. The standard InChI is InChI=1S/C10H11F2N3OS.C2H4N2OS/c1-7(15(6-13)17(2)16)8-3-4-9(10(11)12)14-5-8;1-6(5)4-2-3/h3-5,7,10H,1-2H3;1H3,(H,4,5). The van der Waals surface area contributed by atoms with Crippen LogP contribution in [-0.2, 0) is 21.9 Å². The third-order valence-electron chi connectivity index (χ3n) is 2.42. The third kappa shape index (κ3) is 7.85. The van der Waals surface area contributed by atoms with Crippen LogP contribution in [0.2, 0.25) is 0 Å². The topological polar surface area (TPSA) is 119 Å². The van der Waals surface area contributed by atoms with E-state index in [1.807, 2.05) is 0 Å². The molecule has 0 spiro atoms. The molecule has 0 bridgehead atoms. The lowest BCUT2D eigenvalue weighted by Crippen LogP contribution is -2.15. The molecule has 0 aromatic carbocycles. The van der Waals surface area contributed by atoms with Crippen LogP contribution in [0, 0.1) is 22.9 Å². The summed E-state index contributed by atoms with van der Waals surface area (Å²) in [5, 5.41) is 16.5. The van der Waals surface area contributed by atoms with E-state index in [1.165, 1.54) is 37.0 Å². The van der Waals surface area contributed by atoms with Crippen molar-refractivity contribution in [2.45, 2.75) is 19.4 Å². The maximum absolute atomic E-state index is 12.3. The summed E-state index contributed by atoms with van der Waals surface area (Å²) in [6.45, 7) is 1.66. The van der Waals surface area contributed by atoms with Gasteiger partial charge in [-0.05, 0) is 19.2 Å². The first-order valence-corrected chi connectivity index (χ1v) is 9.02. The van der Waals surface area contributed by atoms with Gasteiger partial charge in [-0.3, -0.25) is 4.98 Å². The average molecular weight is 363 g/mol. The Labute approximate surface area is 138 Å². The van der Waals surface area contributed by atoms with Crippen molar-refractivity contribution in [1.29, 1.82) is 10.5 Å². The average Bonchev–Trinajstić information content (AvgIpc) is 2.48. The zero-order valence-electron chi connectivity index (χ0n) is 12.6. The van der Waals surface area contributed by atoms with Crippen molar-refractivity contribution in [2.75, 3.05) is 12.5 Å². The number of pyridine rings is 1. The monoisotopic (exact) mass is 363 g/mol. The van der Waals surface area contributed by atoms with Crippen LogP contribution in [0.4, 0.5) is 8.78 Å². The highest BCUT2D eigenvalue weighted by atomic mass is 32.2. The maximum Gasteiger partial charge on any atom is 0.465 e. The normalized spacial score (nSPS) is 14.8. The Kier molecular flexibility index (Phi) is 10.0. The minimum Gasteiger partial charge on any atom is -0.772 e. The first kappa shape index (κ1) is 21.2. The Morgan fingerprint density at radius 2 is 2.00 bits per heavy atom. The van der Waals surface area contributed by atoms with E-state index in [1.54, 1.807) is 13.1 Å². The quantitative estimate of drug-likeness (QED) is 0.503. The van der Waals surface area contributed by atoms with E-state index in [0.29, 0.717) is 5.56 Å². The number of hydrogen-bond acceptors (Lipinski definition) is 5. The largest absolute Gasteiger partial charge is 0.772 e. The molecule has 1 heterocycles. The Morgan fingerprint density at radius 1 is 1.39 bits per heavy atom. The van der Waals surface area contributed by atoms with Crippen molar-refractivity contribution in [3.63, 3.8) is 0 Å². The smallest absolute Gasteiger partial charge is 0.465 e. The van der Waals surface area contributed by atoms with E-state index < -0.39 is 34.4 Å². The van der Waals surface area contributed by atoms with Gasteiger partial charge in [-0.1, -0.05) is 6.07 Å². The van der Waals surface area contributed by atoms with Crippen molar-refractivity contribution in [3.05, 3.63) is 29.6 Å². The Morgan fingerprint density at radius 3 is 2.26 bits per heavy atom. The van der Waals surface area contributed by atoms with Crippen LogP contribution in [0.3, 0.4) is 0 Å². The van der Waals surface area contributed by atoms with E-state index in [2.05, 4.69) is 9.35 Å². The number of halogens is 2. The highest BCUT2D eigenvalue weighted by Crippen LogP contribution is 2.20. The Bertz CT molecular complexity index is 658. The number of rotatable bonds is 3. The van der Waals surface area contributed by atoms with Crippen LogP contribution < -0.4 is 0 Å². The number of aromatic nitrogens is 1. The van der Waals surface area contributed by atoms with Crippen LogP contribution in [0.25, 0.3) is 0 Å². The van der Waals surface area contributed by atoms with Crippen molar-refractivity contribution >= 4 is 21.9 Å². The summed E-state index contributed by atoms with van der Waals surface area (Å²) in [6.07, 6.45) is 4.72. The molecule has 23 heavy (non-hydrogen) atoms. The molecular formula is C12H15F2N5O2S2. The van der Waals surface area contributed by atoms with E-state index in [-0.39, 0.29) is 5.69 Å². The molecule has 7 nitrogen and oxygen atoms in total. The number of nitriles is 2. The van der Waals surface area contributed by atoms with Crippen molar-refractivity contribution in [3.8, 4) is 12.4 Å². The van der Waals surface area contributed by atoms with Crippen molar-refractivity contribution in [1.82, 2.24) is 4.98 Å². The molecule has 3 unspecified atom stereocenters. The second kappa shape index (κ2) is 10.9. The number of hydrogen-bond donors (Lipinski definition) is 1. The van der Waals surface area contributed by atoms with Gasteiger partial charge < -0.3 is 9.11 Å². The summed E-state index contributed by atoms with van der Waals surface area (Å²) in [5.41, 5.74) is 0.244. The lowest BCUT2D eigenvalue weighted by atomic mass is 10.1. The molecule has 0 fully saturated rings. The fraction of sp³-hybridized carbons (Fsp3) is 0.417. The molecule has 0 radical (unpaired) electrons. The van der Waals surface area contributed by atoms with Gasteiger partial charge in [-0.25, -0.2) is 8.78 Å². The van der Waals surface area contributed by atoms with Gasteiger partial charge in [0.2, 0.25) is 6.19 Å². The molecular weight excluding hydrogens is 348 g/mol. The summed E-state index contributed by atoms with van der Waals surface area (Å²) in [7, 11) is -2.50. The van der Waals surface area contributed by atoms with Crippen molar-refractivity contribution in [2.24, 2.45) is 4.36 Å². The first-order valence-electron chi connectivity index (χ1n) is 5.96. The SMILES string of the molecule is CC(c1ccc(C(F)F)nc1)[N+](C#N)=S(C)[O-].CS(O)=NC#N. The predicted molar refractivity (Wildman–Crippen MR) is 81.5 cm³/mol. The summed E-state index contributed by atoms with van der Waals surface area (Å²) in [4.78, 5) is 3.59.